The first kappa shape index (κ1) is 9.40. The highest BCUT2D eigenvalue weighted by molar-refractivity contribution is 5.99. The zero-order valence-electron chi connectivity index (χ0n) is 9.11. The van der Waals surface area contributed by atoms with Crippen molar-refractivity contribution in [3.63, 3.8) is 0 Å². The Labute approximate surface area is 95.0 Å². The van der Waals surface area contributed by atoms with Crippen LogP contribution in [0.3, 0.4) is 0 Å². The lowest BCUT2D eigenvalue weighted by atomic mass is 10.1. The Kier molecular flexibility index (Phi) is 2.13. The van der Waals surface area contributed by atoms with E-state index >= 15 is 0 Å². The Bertz CT molecular complexity index is 545. The van der Waals surface area contributed by atoms with E-state index in [9.17, 15) is 0 Å². The van der Waals surface area contributed by atoms with Crippen LogP contribution in [0.25, 0.3) is 10.8 Å². The standard InChI is InChI=1S/C14H14N2/c15-14-6-3-9-16(14)13-8-7-11-4-1-2-5-12(11)10-13/h1-2,4-5,7-8,10,15H,3,6,9H2. The molecule has 0 spiro atoms. The molecular weight excluding hydrogens is 196 g/mol. The second-order valence-corrected chi connectivity index (χ2v) is 4.23. The zero-order chi connectivity index (χ0) is 11.0. The molecule has 0 saturated carbocycles. The van der Waals surface area contributed by atoms with Crippen LogP contribution in [-0.4, -0.2) is 12.4 Å². The van der Waals surface area contributed by atoms with Crippen molar-refractivity contribution < 1.29 is 0 Å². The molecule has 2 aromatic rings. The molecule has 1 saturated heterocycles. The monoisotopic (exact) mass is 210 g/mol. The molecule has 3 rings (SSSR count). The van der Waals surface area contributed by atoms with Crippen molar-refractivity contribution in [3.05, 3.63) is 42.5 Å². The summed E-state index contributed by atoms with van der Waals surface area (Å²) in [6.45, 7) is 0.983. The third kappa shape index (κ3) is 1.47. The molecule has 2 nitrogen and oxygen atoms in total. The first-order valence-corrected chi connectivity index (χ1v) is 5.68. The fraction of sp³-hybridized carbons (Fsp3) is 0.214. The largest absolute Gasteiger partial charge is 0.330 e. The molecule has 1 aliphatic rings. The van der Waals surface area contributed by atoms with E-state index in [1.165, 1.54) is 10.8 Å². The maximum atomic E-state index is 7.88. The molecule has 1 fully saturated rings. The maximum absolute atomic E-state index is 7.88. The topological polar surface area (TPSA) is 27.1 Å². The summed E-state index contributed by atoms with van der Waals surface area (Å²) in [5, 5.41) is 10.4. The van der Waals surface area contributed by atoms with E-state index in [1.807, 2.05) is 0 Å². The van der Waals surface area contributed by atoms with Crippen molar-refractivity contribution in [2.75, 3.05) is 11.4 Å². The quantitative estimate of drug-likeness (QED) is 0.767. The second kappa shape index (κ2) is 3.63. The van der Waals surface area contributed by atoms with Gasteiger partial charge in [0.2, 0.25) is 0 Å². The summed E-state index contributed by atoms with van der Waals surface area (Å²) in [6.07, 6.45) is 2.01. The van der Waals surface area contributed by atoms with Gasteiger partial charge in [0.1, 0.15) is 5.84 Å². The van der Waals surface area contributed by atoms with Gasteiger partial charge >= 0.3 is 0 Å². The van der Waals surface area contributed by atoms with E-state index in [0.717, 1.165) is 30.9 Å². The number of benzene rings is 2. The Morgan fingerprint density at radius 1 is 1.00 bits per heavy atom. The van der Waals surface area contributed by atoms with E-state index in [1.54, 1.807) is 0 Å². The number of anilines is 1. The smallest absolute Gasteiger partial charge is 0.100 e. The van der Waals surface area contributed by atoms with Crippen LogP contribution in [-0.2, 0) is 0 Å². The number of nitrogens with zero attached hydrogens (tertiary/aromatic N) is 1. The highest BCUT2D eigenvalue weighted by atomic mass is 15.2. The van der Waals surface area contributed by atoms with Crippen molar-refractivity contribution >= 4 is 22.3 Å². The van der Waals surface area contributed by atoms with Gasteiger partial charge in [-0.25, -0.2) is 0 Å². The molecule has 1 heterocycles. The first-order valence-electron chi connectivity index (χ1n) is 5.68. The molecule has 0 aromatic heterocycles. The molecule has 1 aliphatic heterocycles. The summed E-state index contributed by atoms with van der Waals surface area (Å²) in [4.78, 5) is 2.10. The molecule has 1 N–H and O–H groups in total. The number of nitrogens with one attached hydrogen (secondary N) is 1. The van der Waals surface area contributed by atoms with Crippen molar-refractivity contribution in [2.45, 2.75) is 12.8 Å². The lowest BCUT2D eigenvalue weighted by molar-refractivity contribution is 0.957. The molecule has 0 unspecified atom stereocenters. The zero-order valence-corrected chi connectivity index (χ0v) is 9.11. The first-order chi connectivity index (χ1) is 7.84. The summed E-state index contributed by atoms with van der Waals surface area (Å²) in [5.41, 5.74) is 1.15. The summed E-state index contributed by atoms with van der Waals surface area (Å²) in [7, 11) is 0. The van der Waals surface area contributed by atoms with Crippen LogP contribution in [0.5, 0.6) is 0 Å². The van der Waals surface area contributed by atoms with Gasteiger partial charge in [-0.05, 0) is 29.3 Å². The van der Waals surface area contributed by atoms with Gasteiger partial charge in [0.05, 0.1) is 0 Å². The van der Waals surface area contributed by atoms with Gasteiger partial charge in [0, 0.05) is 18.7 Å². The van der Waals surface area contributed by atoms with Crippen LogP contribution in [0.15, 0.2) is 42.5 Å². The van der Waals surface area contributed by atoms with Crippen molar-refractivity contribution in [2.24, 2.45) is 0 Å². The molecule has 0 radical (unpaired) electrons. The van der Waals surface area contributed by atoms with Gasteiger partial charge < -0.3 is 4.90 Å². The summed E-state index contributed by atoms with van der Waals surface area (Å²) < 4.78 is 0. The van der Waals surface area contributed by atoms with Gasteiger partial charge in [0.25, 0.3) is 0 Å². The highest BCUT2D eigenvalue weighted by Crippen LogP contribution is 2.25. The average Bonchev–Trinajstić information content (AvgIpc) is 2.75. The van der Waals surface area contributed by atoms with Crippen LogP contribution >= 0.6 is 0 Å². The minimum Gasteiger partial charge on any atom is -0.330 e. The van der Waals surface area contributed by atoms with Crippen LogP contribution in [0.2, 0.25) is 0 Å². The Balaban J connectivity index is 2.08. The van der Waals surface area contributed by atoms with Crippen LogP contribution < -0.4 is 4.90 Å². The highest BCUT2D eigenvalue weighted by Gasteiger charge is 2.18. The van der Waals surface area contributed by atoms with E-state index in [-0.39, 0.29) is 0 Å². The Morgan fingerprint density at radius 3 is 2.56 bits per heavy atom. The average molecular weight is 210 g/mol. The van der Waals surface area contributed by atoms with Gasteiger partial charge in [-0.1, -0.05) is 30.3 Å². The number of amidine groups is 1. The number of rotatable bonds is 1. The fourth-order valence-electron chi connectivity index (χ4n) is 2.30. The van der Waals surface area contributed by atoms with Gasteiger partial charge in [0.15, 0.2) is 0 Å². The summed E-state index contributed by atoms with van der Waals surface area (Å²) in [5.74, 6) is 0.746. The lowest BCUT2D eigenvalue weighted by Crippen LogP contribution is -2.22. The number of hydrogen-bond donors (Lipinski definition) is 1. The van der Waals surface area contributed by atoms with Crippen LogP contribution in [0, 0.1) is 5.41 Å². The molecule has 2 aromatic carbocycles. The predicted octanol–water partition coefficient (Wildman–Crippen LogP) is 3.42. The Morgan fingerprint density at radius 2 is 1.81 bits per heavy atom. The minimum atomic E-state index is 0.746. The maximum Gasteiger partial charge on any atom is 0.100 e. The predicted molar refractivity (Wildman–Crippen MR) is 68.3 cm³/mol. The van der Waals surface area contributed by atoms with Crippen molar-refractivity contribution in [3.8, 4) is 0 Å². The molecular formula is C14H14N2. The normalized spacial score (nSPS) is 16.0. The number of fused-ring (bicyclic) bond motifs is 1. The molecule has 0 atom stereocenters. The van der Waals surface area contributed by atoms with Crippen LogP contribution in [0.1, 0.15) is 12.8 Å². The molecule has 0 bridgehead atoms. The van der Waals surface area contributed by atoms with E-state index in [2.05, 4.69) is 47.4 Å². The van der Waals surface area contributed by atoms with E-state index in [4.69, 9.17) is 5.41 Å². The van der Waals surface area contributed by atoms with Gasteiger partial charge in [-0.3, -0.25) is 5.41 Å². The third-order valence-corrected chi connectivity index (χ3v) is 3.17. The van der Waals surface area contributed by atoms with Gasteiger partial charge in [-0.2, -0.15) is 0 Å². The molecule has 0 amide bonds. The summed E-state index contributed by atoms with van der Waals surface area (Å²) in [6, 6.07) is 14.8. The van der Waals surface area contributed by atoms with E-state index < -0.39 is 0 Å². The molecule has 0 aliphatic carbocycles. The van der Waals surface area contributed by atoms with Crippen LogP contribution in [0.4, 0.5) is 5.69 Å². The third-order valence-electron chi connectivity index (χ3n) is 3.17. The molecule has 2 heteroatoms. The second-order valence-electron chi connectivity index (χ2n) is 4.23. The lowest BCUT2D eigenvalue weighted by Gasteiger charge is -2.18. The molecule has 80 valence electrons. The Hall–Kier alpha value is -1.83. The van der Waals surface area contributed by atoms with Crippen molar-refractivity contribution in [1.82, 2.24) is 0 Å². The van der Waals surface area contributed by atoms with E-state index in [0.29, 0.717) is 0 Å². The van der Waals surface area contributed by atoms with Crippen molar-refractivity contribution in [1.29, 1.82) is 5.41 Å². The minimum absolute atomic E-state index is 0.746. The fourth-order valence-corrected chi connectivity index (χ4v) is 2.30. The molecule has 16 heavy (non-hydrogen) atoms. The van der Waals surface area contributed by atoms with Gasteiger partial charge in [-0.15, -0.1) is 0 Å². The SMILES string of the molecule is N=C1CCCN1c1ccc2ccccc2c1. The summed E-state index contributed by atoms with van der Waals surface area (Å²) >= 11 is 0. The number of hydrogen-bond acceptors (Lipinski definition) is 1.